The number of anilines is 2. The second-order valence-electron chi connectivity index (χ2n) is 6.92. The van der Waals surface area contributed by atoms with E-state index >= 15 is 0 Å². The first-order valence-electron chi connectivity index (χ1n) is 9.09. The zero-order valence-electron chi connectivity index (χ0n) is 15.3. The molecule has 0 spiro atoms. The normalized spacial score (nSPS) is 14.4. The van der Waals surface area contributed by atoms with Crippen LogP contribution in [0.2, 0.25) is 10.0 Å². The van der Waals surface area contributed by atoms with Crippen molar-refractivity contribution in [2.75, 3.05) is 23.2 Å². The molecule has 1 aliphatic carbocycles. The SMILES string of the molecule is CNc1ccc(S(=O)(=O)N(CCC2CC2)c2sc3ccccc3c2Cl)cc1Cl. The summed E-state index contributed by atoms with van der Waals surface area (Å²) in [6, 6.07) is 12.5. The van der Waals surface area contributed by atoms with Crippen molar-refractivity contribution in [2.45, 2.75) is 24.2 Å². The van der Waals surface area contributed by atoms with Gasteiger partial charge in [-0.1, -0.05) is 54.2 Å². The Kier molecular flexibility index (Phi) is 5.49. The molecule has 0 aliphatic heterocycles. The molecule has 1 aromatic heterocycles. The van der Waals surface area contributed by atoms with Crippen LogP contribution in [0.15, 0.2) is 47.4 Å². The van der Waals surface area contributed by atoms with E-state index in [4.69, 9.17) is 23.2 Å². The summed E-state index contributed by atoms with van der Waals surface area (Å²) < 4.78 is 29.5. The Hall–Kier alpha value is -1.47. The monoisotopic (exact) mass is 454 g/mol. The number of nitrogens with one attached hydrogen (secondary N) is 1. The van der Waals surface area contributed by atoms with Crippen molar-refractivity contribution in [2.24, 2.45) is 5.92 Å². The van der Waals surface area contributed by atoms with E-state index in [1.807, 2.05) is 24.3 Å². The molecule has 0 amide bonds. The van der Waals surface area contributed by atoms with Crippen LogP contribution in [0, 0.1) is 5.92 Å². The van der Waals surface area contributed by atoms with Gasteiger partial charge in [0, 0.05) is 23.7 Å². The highest BCUT2D eigenvalue weighted by Crippen LogP contribution is 2.44. The molecule has 28 heavy (non-hydrogen) atoms. The molecule has 1 aliphatic rings. The van der Waals surface area contributed by atoms with E-state index in [0.29, 0.717) is 33.2 Å². The van der Waals surface area contributed by atoms with Gasteiger partial charge in [-0.15, -0.1) is 11.3 Å². The Balaban J connectivity index is 1.80. The lowest BCUT2D eigenvalue weighted by atomic mass is 10.2. The van der Waals surface area contributed by atoms with Crippen molar-refractivity contribution in [1.29, 1.82) is 0 Å². The molecule has 0 saturated heterocycles. The fourth-order valence-electron chi connectivity index (χ4n) is 3.19. The average Bonchev–Trinajstić information content (AvgIpc) is 3.45. The first kappa shape index (κ1) is 19.8. The maximum atomic E-state index is 13.5. The Bertz CT molecular complexity index is 1120. The van der Waals surface area contributed by atoms with E-state index in [2.05, 4.69) is 5.32 Å². The largest absolute Gasteiger partial charge is 0.387 e. The third kappa shape index (κ3) is 3.71. The Morgan fingerprint density at radius 1 is 1.18 bits per heavy atom. The minimum atomic E-state index is -3.79. The number of fused-ring (bicyclic) bond motifs is 1. The minimum absolute atomic E-state index is 0.167. The van der Waals surface area contributed by atoms with E-state index < -0.39 is 10.0 Å². The Labute approximate surface area is 179 Å². The first-order valence-corrected chi connectivity index (χ1v) is 12.1. The topological polar surface area (TPSA) is 49.4 Å². The number of sulfonamides is 1. The molecule has 148 valence electrons. The van der Waals surface area contributed by atoms with Crippen LogP contribution in [-0.2, 0) is 10.0 Å². The molecule has 1 heterocycles. The molecule has 0 atom stereocenters. The molecular weight excluding hydrogens is 435 g/mol. The molecule has 0 radical (unpaired) electrons. The Morgan fingerprint density at radius 3 is 2.57 bits per heavy atom. The molecular formula is C20H20Cl2N2O2S2. The first-order chi connectivity index (χ1) is 13.4. The number of halogens is 2. The van der Waals surface area contributed by atoms with Crippen LogP contribution in [0.4, 0.5) is 10.7 Å². The molecule has 1 saturated carbocycles. The summed E-state index contributed by atoms with van der Waals surface area (Å²) in [5.41, 5.74) is 0.685. The van der Waals surface area contributed by atoms with Gasteiger partial charge >= 0.3 is 0 Å². The molecule has 0 unspecified atom stereocenters. The van der Waals surface area contributed by atoms with E-state index in [1.165, 1.54) is 21.7 Å². The summed E-state index contributed by atoms with van der Waals surface area (Å²) in [6.45, 7) is 0.408. The van der Waals surface area contributed by atoms with Crippen molar-refractivity contribution >= 4 is 65.3 Å². The molecule has 2 aromatic carbocycles. The number of rotatable bonds is 7. The van der Waals surface area contributed by atoms with E-state index in [-0.39, 0.29) is 4.90 Å². The lowest BCUT2D eigenvalue weighted by molar-refractivity contribution is 0.587. The maximum Gasteiger partial charge on any atom is 0.265 e. The zero-order chi connectivity index (χ0) is 19.9. The smallest absolute Gasteiger partial charge is 0.265 e. The summed E-state index contributed by atoms with van der Waals surface area (Å²) in [5.74, 6) is 0.598. The molecule has 3 aromatic rings. The number of benzene rings is 2. The van der Waals surface area contributed by atoms with Gasteiger partial charge in [-0.2, -0.15) is 0 Å². The maximum absolute atomic E-state index is 13.5. The van der Waals surface area contributed by atoms with Crippen LogP contribution in [0.5, 0.6) is 0 Å². The lowest BCUT2D eigenvalue weighted by Gasteiger charge is -2.24. The highest BCUT2D eigenvalue weighted by atomic mass is 35.5. The predicted molar refractivity (Wildman–Crippen MR) is 120 cm³/mol. The molecule has 1 N–H and O–H groups in total. The summed E-state index contributed by atoms with van der Waals surface area (Å²) in [6.07, 6.45) is 3.15. The quantitative estimate of drug-likeness (QED) is 0.459. The van der Waals surface area contributed by atoms with Crippen LogP contribution in [0.25, 0.3) is 10.1 Å². The van der Waals surface area contributed by atoms with E-state index in [9.17, 15) is 8.42 Å². The van der Waals surface area contributed by atoms with E-state index in [1.54, 1.807) is 19.2 Å². The lowest BCUT2D eigenvalue weighted by Crippen LogP contribution is -2.32. The second kappa shape index (κ2) is 7.75. The van der Waals surface area contributed by atoms with Crippen LogP contribution >= 0.6 is 34.5 Å². The van der Waals surface area contributed by atoms with Gasteiger partial charge in [0.25, 0.3) is 10.0 Å². The van der Waals surface area contributed by atoms with Crippen LogP contribution < -0.4 is 9.62 Å². The van der Waals surface area contributed by atoms with Gasteiger partial charge in [-0.25, -0.2) is 8.42 Å². The molecule has 8 heteroatoms. The van der Waals surface area contributed by atoms with Gasteiger partial charge in [-0.05, 0) is 36.6 Å². The van der Waals surface area contributed by atoms with Crippen LogP contribution in [-0.4, -0.2) is 22.0 Å². The molecule has 4 nitrogen and oxygen atoms in total. The standard InChI is InChI=1S/C20H20Cl2N2O2S2/c1-23-17-9-8-14(12-16(17)21)28(25,26)24(11-10-13-6-7-13)20-19(22)15-4-2-3-5-18(15)27-20/h2-5,8-9,12-13,23H,6-7,10-11H2,1H3. The van der Waals surface area contributed by atoms with Crippen LogP contribution in [0.1, 0.15) is 19.3 Å². The second-order valence-corrected chi connectivity index (χ2v) is 10.6. The number of hydrogen-bond acceptors (Lipinski definition) is 4. The van der Waals surface area contributed by atoms with Crippen molar-refractivity contribution in [3.8, 4) is 0 Å². The van der Waals surface area contributed by atoms with Gasteiger partial charge < -0.3 is 5.32 Å². The highest BCUT2D eigenvalue weighted by molar-refractivity contribution is 7.93. The summed E-state index contributed by atoms with van der Waals surface area (Å²) in [5, 5.41) is 5.24. The summed E-state index contributed by atoms with van der Waals surface area (Å²) in [4.78, 5) is 0.167. The van der Waals surface area contributed by atoms with Crippen molar-refractivity contribution in [1.82, 2.24) is 0 Å². The summed E-state index contributed by atoms with van der Waals surface area (Å²) >= 11 is 14.3. The van der Waals surface area contributed by atoms with Crippen molar-refractivity contribution in [3.63, 3.8) is 0 Å². The minimum Gasteiger partial charge on any atom is -0.387 e. The zero-order valence-corrected chi connectivity index (χ0v) is 18.4. The Morgan fingerprint density at radius 2 is 1.93 bits per heavy atom. The number of hydrogen-bond donors (Lipinski definition) is 1. The van der Waals surface area contributed by atoms with Crippen LogP contribution in [0.3, 0.4) is 0 Å². The van der Waals surface area contributed by atoms with Gasteiger partial charge in [-0.3, -0.25) is 4.31 Å². The highest BCUT2D eigenvalue weighted by Gasteiger charge is 2.31. The van der Waals surface area contributed by atoms with Gasteiger partial charge in [0.05, 0.1) is 20.6 Å². The molecule has 4 rings (SSSR count). The predicted octanol–water partition coefficient (Wildman–Crippen LogP) is 6.25. The van der Waals surface area contributed by atoms with Gasteiger partial charge in [0.2, 0.25) is 0 Å². The molecule has 0 bridgehead atoms. The fraction of sp³-hybridized carbons (Fsp3) is 0.300. The van der Waals surface area contributed by atoms with E-state index in [0.717, 1.165) is 29.3 Å². The number of nitrogens with zero attached hydrogens (tertiary/aromatic N) is 1. The number of thiophene rings is 1. The molecule has 1 fully saturated rings. The fourth-order valence-corrected chi connectivity index (χ4v) is 6.86. The average molecular weight is 455 g/mol. The van der Waals surface area contributed by atoms with Crippen molar-refractivity contribution < 1.29 is 8.42 Å². The van der Waals surface area contributed by atoms with Gasteiger partial charge in [0.1, 0.15) is 5.00 Å². The summed E-state index contributed by atoms with van der Waals surface area (Å²) in [7, 11) is -2.05. The third-order valence-electron chi connectivity index (χ3n) is 4.98. The van der Waals surface area contributed by atoms with Crippen molar-refractivity contribution in [3.05, 3.63) is 52.5 Å². The van der Waals surface area contributed by atoms with Gasteiger partial charge in [0.15, 0.2) is 0 Å². The third-order valence-corrected chi connectivity index (χ3v) is 8.89.